The number of hydrogen-bond acceptors (Lipinski definition) is 2. The minimum atomic E-state index is -1.17. The van der Waals surface area contributed by atoms with Crippen LogP contribution in [0.1, 0.15) is 40.5 Å². The summed E-state index contributed by atoms with van der Waals surface area (Å²) in [4.78, 5) is 22.4. The molecule has 0 saturated carbocycles. The molecule has 0 spiro atoms. The monoisotopic (exact) mass is 213 g/mol. The van der Waals surface area contributed by atoms with Crippen molar-refractivity contribution in [3.8, 4) is 0 Å². The van der Waals surface area contributed by atoms with Gasteiger partial charge in [-0.05, 0) is 27.2 Å². The standard InChI is InChI=1S/C11H19NO3/c1-5-6-11(4,10(14)15)12-9(13)7-8(2)3/h7H,5-6H2,1-4H3,(H,12,13)(H,14,15)/t11-/m0/s1. The van der Waals surface area contributed by atoms with Gasteiger partial charge in [0.05, 0.1) is 0 Å². The van der Waals surface area contributed by atoms with Crippen LogP contribution in [0, 0.1) is 0 Å². The quantitative estimate of drug-likeness (QED) is 0.683. The minimum Gasteiger partial charge on any atom is -0.480 e. The van der Waals surface area contributed by atoms with E-state index in [0.717, 1.165) is 5.57 Å². The highest BCUT2D eigenvalue weighted by Crippen LogP contribution is 2.12. The molecule has 0 aliphatic carbocycles. The zero-order valence-electron chi connectivity index (χ0n) is 9.76. The highest BCUT2D eigenvalue weighted by molar-refractivity contribution is 5.93. The molecule has 0 heterocycles. The number of amides is 1. The van der Waals surface area contributed by atoms with E-state index in [-0.39, 0.29) is 5.91 Å². The highest BCUT2D eigenvalue weighted by atomic mass is 16.4. The Kier molecular flexibility index (Phi) is 5.05. The number of carboxylic acids is 1. The predicted molar refractivity (Wildman–Crippen MR) is 58.5 cm³/mol. The summed E-state index contributed by atoms with van der Waals surface area (Å²) in [6.07, 6.45) is 2.53. The molecule has 0 saturated heterocycles. The van der Waals surface area contributed by atoms with E-state index in [0.29, 0.717) is 12.8 Å². The third kappa shape index (κ3) is 4.63. The first-order chi connectivity index (χ1) is 6.81. The van der Waals surface area contributed by atoms with Gasteiger partial charge in [0.25, 0.3) is 0 Å². The van der Waals surface area contributed by atoms with Crippen molar-refractivity contribution >= 4 is 11.9 Å². The molecule has 0 aromatic heterocycles. The van der Waals surface area contributed by atoms with Crippen LogP contribution in [0.15, 0.2) is 11.6 Å². The van der Waals surface area contributed by atoms with Crippen LogP contribution in [0.4, 0.5) is 0 Å². The molecule has 0 aliphatic heterocycles. The molecule has 0 bridgehead atoms. The first-order valence-electron chi connectivity index (χ1n) is 5.02. The Balaban J connectivity index is 4.63. The second kappa shape index (κ2) is 5.53. The van der Waals surface area contributed by atoms with Gasteiger partial charge in [0, 0.05) is 6.08 Å². The zero-order valence-corrected chi connectivity index (χ0v) is 9.76. The molecule has 0 rings (SSSR count). The second-order valence-electron chi connectivity index (χ2n) is 4.10. The van der Waals surface area contributed by atoms with Crippen LogP contribution in [0.25, 0.3) is 0 Å². The number of aliphatic carboxylic acids is 1. The Hall–Kier alpha value is -1.32. The summed E-state index contributed by atoms with van der Waals surface area (Å²) in [6.45, 7) is 6.98. The van der Waals surface area contributed by atoms with Gasteiger partial charge in [0.1, 0.15) is 5.54 Å². The maximum atomic E-state index is 11.4. The average Bonchev–Trinajstić information content (AvgIpc) is 2.01. The number of allylic oxidation sites excluding steroid dienone is 1. The summed E-state index contributed by atoms with van der Waals surface area (Å²) >= 11 is 0. The topological polar surface area (TPSA) is 66.4 Å². The second-order valence-corrected chi connectivity index (χ2v) is 4.10. The molecule has 15 heavy (non-hydrogen) atoms. The summed E-state index contributed by atoms with van der Waals surface area (Å²) in [5.74, 6) is -1.35. The lowest BCUT2D eigenvalue weighted by Gasteiger charge is -2.25. The molecule has 1 atom stereocenters. The van der Waals surface area contributed by atoms with E-state index in [1.165, 1.54) is 13.0 Å². The summed E-state index contributed by atoms with van der Waals surface area (Å²) in [6, 6.07) is 0. The van der Waals surface area contributed by atoms with Crippen molar-refractivity contribution in [3.05, 3.63) is 11.6 Å². The van der Waals surface area contributed by atoms with E-state index in [2.05, 4.69) is 5.32 Å². The van der Waals surface area contributed by atoms with E-state index >= 15 is 0 Å². The largest absolute Gasteiger partial charge is 0.480 e. The maximum Gasteiger partial charge on any atom is 0.329 e. The Morgan fingerprint density at radius 3 is 2.27 bits per heavy atom. The van der Waals surface area contributed by atoms with Crippen LogP contribution in [-0.4, -0.2) is 22.5 Å². The lowest BCUT2D eigenvalue weighted by Crippen LogP contribution is -2.51. The maximum absolute atomic E-state index is 11.4. The smallest absolute Gasteiger partial charge is 0.329 e. The van der Waals surface area contributed by atoms with Gasteiger partial charge in [0.15, 0.2) is 0 Å². The molecule has 0 aromatic carbocycles. The third-order valence-corrected chi connectivity index (χ3v) is 2.04. The normalized spacial score (nSPS) is 13.9. The van der Waals surface area contributed by atoms with Gasteiger partial charge in [-0.25, -0.2) is 4.79 Å². The lowest BCUT2D eigenvalue weighted by molar-refractivity contribution is -0.146. The molecule has 2 N–H and O–H groups in total. The fourth-order valence-electron chi connectivity index (χ4n) is 1.29. The summed E-state index contributed by atoms with van der Waals surface area (Å²) in [7, 11) is 0. The molecule has 0 aromatic rings. The summed E-state index contributed by atoms with van der Waals surface area (Å²) in [5, 5.41) is 11.5. The SMILES string of the molecule is CCC[C@](C)(NC(=O)C=C(C)C)C(=O)O. The van der Waals surface area contributed by atoms with Crippen LogP contribution in [-0.2, 0) is 9.59 Å². The van der Waals surface area contributed by atoms with Gasteiger partial charge < -0.3 is 10.4 Å². The Morgan fingerprint density at radius 2 is 1.93 bits per heavy atom. The van der Waals surface area contributed by atoms with E-state index in [1.54, 1.807) is 13.8 Å². The number of rotatable bonds is 5. The predicted octanol–water partition coefficient (Wildman–Crippen LogP) is 1.71. The van der Waals surface area contributed by atoms with Crippen molar-refractivity contribution in [2.45, 2.75) is 46.1 Å². The fourth-order valence-corrected chi connectivity index (χ4v) is 1.29. The van der Waals surface area contributed by atoms with Crippen molar-refractivity contribution in [2.75, 3.05) is 0 Å². The Morgan fingerprint density at radius 1 is 1.40 bits per heavy atom. The summed E-state index contributed by atoms with van der Waals surface area (Å²) < 4.78 is 0. The zero-order chi connectivity index (χ0) is 12.1. The van der Waals surface area contributed by atoms with Crippen molar-refractivity contribution in [2.24, 2.45) is 0 Å². The van der Waals surface area contributed by atoms with Crippen molar-refractivity contribution in [3.63, 3.8) is 0 Å². The molecule has 0 unspecified atom stereocenters. The minimum absolute atomic E-state index is 0.353. The van der Waals surface area contributed by atoms with Gasteiger partial charge in [-0.1, -0.05) is 18.9 Å². The Labute approximate surface area is 90.4 Å². The molecule has 0 aliphatic rings. The number of carbonyl (C=O) groups is 2. The fraction of sp³-hybridized carbons (Fsp3) is 0.636. The molecule has 0 radical (unpaired) electrons. The molecular weight excluding hydrogens is 194 g/mol. The third-order valence-electron chi connectivity index (χ3n) is 2.04. The first kappa shape index (κ1) is 13.7. The van der Waals surface area contributed by atoms with Crippen molar-refractivity contribution in [1.29, 1.82) is 0 Å². The van der Waals surface area contributed by atoms with E-state index in [4.69, 9.17) is 5.11 Å². The molecule has 4 nitrogen and oxygen atoms in total. The molecule has 1 amide bonds. The van der Waals surface area contributed by atoms with Gasteiger partial charge in [-0.15, -0.1) is 0 Å². The molecular formula is C11H19NO3. The van der Waals surface area contributed by atoms with Crippen LogP contribution >= 0.6 is 0 Å². The van der Waals surface area contributed by atoms with Crippen molar-refractivity contribution in [1.82, 2.24) is 5.32 Å². The van der Waals surface area contributed by atoms with Gasteiger partial charge in [-0.2, -0.15) is 0 Å². The van der Waals surface area contributed by atoms with Gasteiger partial charge in [-0.3, -0.25) is 4.79 Å². The van der Waals surface area contributed by atoms with Crippen LogP contribution in [0.3, 0.4) is 0 Å². The average molecular weight is 213 g/mol. The number of carboxylic acid groups (broad SMARTS) is 1. The van der Waals surface area contributed by atoms with Gasteiger partial charge in [0.2, 0.25) is 5.91 Å². The van der Waals surface area contributed by atoms with Crippen molar-refractivity contribution < 1.29 is 14.7 Å². The number of nitrogens with one attached hydrogen (secondary N) is 1. The van der Waals surface area contributed by atoms with E-state index in [9.17, 15) is 9.59 Å². The molecule has 86 valence electrons. The van der Waals surface area contributed by atoms with E-state index < -0.39 is 11.5 Å². The number of carbonyl (C=O) groups excluding carboxylic acids is 1. The highest BCUT2D eigenvalue weighted by Gasteiger charge is 2.33. The van der Waals surface area contributed by atoms with Crippen LogP contribution in [0.2, 0.25) is 0 Å². The lowest BCUT2D eigenvalue weighted by atomic mass is 9.96. The molecule has 4 heteroatoms. The number of hydrogen-bond donors (Lipinski definition) is 2. The first-order valence-corrected chi connectivity index (χ1v) is 5.02. The summed E-state index contributed by atoms with van der Waals surface area (Å²) in [5.41, 5.74) is -0.325. The van der Waals surface area contributed by atoms with E-state index in [1.807, 2.05) is 6.92 Å². The van der Waals surface area contributed by atoms with Crippen LogP contribution < -0.4 is 5.32 Å². The Bertz CT molecular complexity index is 280. The van der Waals surface area contributed by atoms with Gasteiger partial charge >= 0.3 is 5.97 Å². The molecule has 0 fully saturated rings. The van der Waals surface area contributed by atoms with Crippen LogP contribution in [0.5, 0.6) is 0 Å².